The van der Waals surface area contributed by atoms with Gasteiger partial charge in [0.05, 0.1) is 10.6 Å². The van der Waals surface area contributed by atoms with Gasteiger partial charge in [0.15, 0.2) is 0 Å². The van der Waals surface area contributed by atoms with Crippen LogP contribution in [0.1, 0.15) is 23.7 Å². The molecular weight excluding hydrogens is 302 g/mol. The topological polar surface area (TPSA) is 20.3 Å². The predicted octanol–water partition coefficient (Wildman–Crippen LogP) is 3.83. The first-order valence-corrected chi connectivity index (χ1v) is 6.86. The van der Waals surface area contributed by atoms with Gasteiger partial charge in [0.25, 0.3) is 5.91 Å². The van der Waals surface area contributed by atoms with E-state index in [9.17, 15) is 4.79 Å². The molecule has 0 saturated heterocycles. The second kappa shape index (κ2) is 4.99. The van der Waals surface area contributed by atoms with Crippen molar-refractivity contribution in [3.05, 3.63) is 33.3 Å². The summed E-state index contributed by atoms with van der Waals surface area (Å²) in [4.78, 5) is 14.0. The van der Waals surface area contributed by atoms with Crippen LogP contribution in [0.2, 0.25) is 5.02 Å². The zero-order valence-corrected chi connectivity index (χ0v) is 12.3. The first kappa shape index (κ1) is 12.9. The number of carbonyl (C=O) groups is 1. The van der Waals surface area contributed by atoms with Crippen molar-refractivity contribution in [2.75, 3.05) is 13.6 Å². The lowest BCUT2D eigenvalue weighted by Crippen LogP contribution is -2.29. The Hall–Kier alpha value is -0.540. The van der Waals surface area contributed by atoms with Gasteiger partial charge >= 0.3 is 0 Å². The predicted molar refractivity (Wildman–Crippen MR) is 73.4 cm³/mol. The molecule has 1 aromatic carbocycles. The summed E-state index contributed by atoms with van der Waals surface area (Å²) >= 11 is 9.40. The van der Waals surface area contributed by atoms with Crippen LogP contribution in [0.3, 0.4) is 0 Å². The summed E-state index contributed by atoms with van der Waals surface area (Å²) in [5.74, 6) is 1.41. The van der Waals surface area contributed by atoms with Gasteiger partial charge in [0.2, 0.25) is 0 Å². The molecule has 2 rings (SSSR count). The molecule has 2 atom stereocenters. The van der Waals surface area contributed by atoms with Crippen LogP contribution in [0.25, 0.3) is 0 Å². The minimum atomic E-state index is -0.00426. The van der Waals surface area contributed by atoms with Crippen LogP contribution in [0.15, 0.2) is 22.7 Å². The molecule has 2 nitrogen and oxygen atoms in total. The minimum Gasteiger partial charge on any atom is -0.341 e. The summed E-state index contributed by atoms with van der Waals surface area (Å²) in [6.07, 6.45) is 1.23. The van der Waals surface area contributed by atoms with Gasteiger partial charge in [-0.05, 0) is 36.5 Å². The van der Waals surface area contributed by atoms with E-state index in [2.05, 4.69) is 22.9 Å². The Balaban J connectivity index is 2.10. The molecule has 0 spiro atoms. The SMILES string of the molecule is CC1CC1CN(C)C(=O)c1cc(Br)ccc1Cl. The molecule has 1 aliphatic rings. The lowest BCUT2D eigenvalue weighted by molar-refractivity contribution is 0.0787. The number of carbonyl (C=O) groups excluding carboxylic acids is 1. The molecule has 92 valence electrons. The number of amides is 1. The maximum absolute atomic E-state index is 12.2. The molecule has 0 bridgehead atoms. The van der Waals surface area contributed by atoms with Crippen LogP contribution in [0.4, 0.5) is 0 Å². The van der Waals surface area contributed by atoms with Crippen molar-refractivity contribution in [3.8, 4) is 0 Å². The molecule has 0 heterocycles. The molecule has 17 heavy (non-hydrogen) atoms. The summed E-state index contributed by atoms with van der Waals surface area (Å²) in [6.45, 7) is 3.04. The van der Waals surface area contributed by atoms with Crippen molar-refractivity contribution in [2.45, 2.75) is 13.3 Å². The van der Waals surface area contributed by atoms with E-state index < -0.39 is 0 Å². The highest BCUT2D eigenvalue weighted by molar-refractivity contribution is 9.10. The van der Waals surface area contributed by atoms with Gasteiger partial charge in [-0.3, -0.25) is 4.79 Å². The van der Waals surface area contributed by atoms with E-state index in [0.29, 0.717) is 16.5 Å². The van der Waals surface area contributed by atoms with E-state index >= 15 is 0 Å². The number of hydrogen-bond donors (Lipinski definition) is 0. The lowest BCUT2D eigenvalue weighted by Gasteiger charge is -2.18. The average Bonchev–Trinajstić information content (AvgIpc) is 2.96. The lowest BCUT2D eigenvalue weighted by atomic mass is 10.2. The molecular formula is C13H15BrClNO. The first-order valence-electron chi connectivity index (χ1n) is 5.69. The van der Waals surface area contributed by atoms with Crippen molar-refractivity contribution in [2.24, 2.45) is 11.8 Å². The van der Waals surface area contributed by atoms with Crippen molar-refractivity contribution in [3.63, 3.8) is 0 Å². The third kappa shape index (κ3) is 3.02. The van der Waals surface area contributed by atoms with E-state index in [1.54, 1.807) is 17.0 Å². The number of halogens is 2. The fourth-order valence-electron chi connectivity index (χ4n) is 1.96. The Kier molecular flexibility index (Phi) is 3.79. The maximum atomic E-state index is 12.2. The van der Waals surface area contributed by atoms with Gasteiger partial charge in [-0.1, -0.05) is 34.5 Å². The molecule has 1 aliphatic carbocycles. The van der Waals surface area contributed by atoms with Crippen LogP contribution >= 0.6 is 27.5 Å². The number of rotatable bonds is 3. The van der Waals surface area contributed by atoms with Crippen molar-refractivity contribution in [1.82, 2.24) is 4.90 Å². The fraction of sp³-hybridized carbons (Fsp3) is 0.462. The summed E-state index contributed by atoms with van der Waals surface area (Å²) < 4.78 is 0.874. The molecule has 1 amide bonds. The highest BCUT2D eigenvalue weighted by Crippen LogP contribution is 2.38. The molecule has 1 aromatic rings. The quantitative estimate of drug-likeness (QED) is 0.830. The molecule has 1 saturated carbocycles. The number of benzene rings is 1. The van der Waals surface area contributed by atoms with E-state index in [0.717, 1.165) is 16.9 Å². The molecule has 4 heteroatoms. The highest BCUT2D eigenvalue weighted by atomic mass is 79.9. The van der Waals surface area contributed by atoms with Gasteiger partial charge in [-0.15, -0.1) is 0 Å². The van der Waals surface area contributed by atoms with Crippen molar-refractivity contribution >= 4 is 33.4 Å². The van der Waals surface area contributed by atoms with E-state index in [1.165, 1.54) is 6.42 Å². The first-order chi connectivity index (χ1) is 7.99. The van der Waals surface area contributed by atoms with Gasteiger partial charge in [0, 0.05) is 18.1 Å². The van der Waals surface area contributed by atoms with Gasteiger partial charge < -0.3 is 4.90 Å². The largest absolute Gasteiger partial charge is 0.341 e. The normalized spacial score (nSPS) is 22.4. The van der Waals surface area contributed by atoms with Crippen molar-refractivity contribution in [1.29, 1.82) is 0 Å². The second-order valence-electron chi connectivity index (χ2n) is 4.78. The summed E-state index contributed by atoms with van der Waals surface area (Å²) in [5.41, 5.74) is 0.567. The third-order valence-corrected chi connectivity index (χ3v) is 4.11. The molecule has 0 aliphatic heterocycles. The molecule has 0 N–H and O–H groups in total. The van der Waals surface area contributed by atoms with E-state index in [1.807, 2.05) is 13.1 Å². The van der Waals surface area contributed by atoms with Gasteiger partial charge in [-0.2, -0.15) is 0 Å². The van der Waals surface area contributed by atoms with E-state index in [4.69, 9.17) is 11.6 Å². The molecule has 0 aromatic heterocycles. The van der Waals surface area contributed by atoms with Gasteiger partial charge in [0.1, 0.15) is 0 Å². The minimum absolute atomic E-state index is 0.00426. The van der Waals surface area contributed by atoms with Crippen LogP contribution in [0, 0.1) is 11.8 Å². The monoisotopic (exact) mass is 315 g/mol. The highest BCUT2D eigenvalue weighted by Gasteiger charge is 2.34. The Bertz CT molecular complexity index is 449. The average molecular weight is 317 g/mol. The number of hydrogen-bond acceptors (Lipinski definition) is 1. The Labute approximate surface area is 115 Å². The molecule has 1 fully saturated rings. The van der Waals surface area contributed by atoms with Crippen LogP contribution in [-0.2, 0) is 0 Å². The van der Waals surface area contributed by atoms with E-state index in [-0.39, 0.29) is 5.91 Å². The zero-order chi connectivity index (χ0) is 12.6. The molecule has 2 unspecified atom stereocenters. The Morgan fingerprint density at radius 1 is 1.59 bits per heavy atom. The smallest absolute Gasteiger partial charge is 0.255 e. The standard InChI is InChI=1S/C13H15BrClNO/c1-8-5-9(8)7-16(2)13(17)11-6-10(14)3-4-12(11)15/h3-4,6,8-9H,5,7H2,1-2H3. The fourth-order valence-corrected chi connectivity index (χ4v) is 2.51. The maximum Gasteiger partial charge on any atom is 0.255 e. The number of nitrogens with zero attached hydrogens (tertiary/aromatic N) is 1. The zero-order valence-electron chi connectivity index (χ0n) is 9.91. The van der Waals surface area contributed by atoms with Crippen molar-refractivity contribution < 1.29 is 4.79 Å². The van der Waals surface area contributed by atoms with Gasteiger partial charge in [-0.25, -0.2) is 0 Å². The third-order valence-electron chi connectivity index (χ3n) is 3.29. The Morgan fingerprint density at radius 3 is 2.82 bits per heavy atom. The molecule has 0 radical (unpaired) electrons. The van der Waals surface area contributed by atoms with Crippen LogP contribution in [-0.4, -0.2) is 24.4 Å². The van der Waals surface area contributed by atoms with Crippen LogP contribution < -0.4 is 0 Å². The van der Waals surface area contributed by atoms with Crippen LogP contribution in [0.5, 0.6) is 0 Å². The summed E-state index contributed by atoms with van der Waals surface area (Å²) in [6, 6.07) is 5.35. The second-order valence-corrected chi connectivity index (χ2v) is 6.11. The summed E-state index contributed by atoms with van der Waals surface area (Å²) in [7, 11) is 1.84. The Morgan fingerprint density at radius 2 is 2.24 bits per heavy atom. The summed E-state index contributed by atoms with van der Waals surface area (Å²) in [5, 5.41) is 0.508.